The van der Waals surface area contributed by atoms with E-state index in [-0.39, 0.29) is 0 Å². The number of urea groups is 1. The van der Waals surface area contributed by atoms with Crippen molar-refractivity contribution in [3.8, 4) is 0 Å². The van der Waals surface area contributed by atoms with Gasteiger partial charge in [-0.2, -0.15) is 0 Å². The molecule has 0 heterocycles. The smallest absolute Gasteiger partial charge is 0.326 e. The number of hydrogen-bond donors (Lipinski definition) is 4. The Bertz CT molecular complexity index is 439. The summed E-state index contributed by atoms with van der Waals surface area (Å²) in [5.41, 5.74) is 6.28. The Labute approximate surface area is 109 Å². The van der Waals surface area contributed by atoms with Crippen LogP contribution in [0.5, 0.6) is 0 Å². The number of amides is 2. The predicted molar refractivity (Wildman–Crippen MR) is 69.9 cm³/mol. The highest BCUT2D eigenvalue weighted by Gasteiger charge is 2.11. The van der Waals surface area contributed by atoms with Crippen LogP contribution in [0.15, 0.2) is 12.1 Å². The van der Waals surface area contributed by atoms with Crippen LogP contribution in [-0.4, -0.2) is 12.0 Å². The van der Waals surface area contributed by atoms with Crippen LogP contribution in [0.1, 0.15) is 12.5 Å². The molecule has 1 rings (SSSR count). The fourth-order valence-corrected chi connectivity index (χ4v) is 1.84. The van der Waals surface area contributed by atoms with Gasteiger partial charge in [0.05, 0.1) is 15.7 Å². The van der Waals surface area contributed by atoms with E-state index in [9.17, 15) is 4.79 Å². The Morgan fingerprint density at radius 1 is 1.41 bits per heavy atom. The SMILES string of the molecule is CCc1cc(Cl)c(NC(=O)NC(=N)N)c(Cl)c1. The van der Waals surface area contributed by atoms with Crippen LogP contribution < -0.4 is 16.4 Å². The monoisotopic (exact) mass is 274 g/mol. The summed E-state index contributed by atoms with van der Waals surface area (Å²) in [4.78, 5) is 11.3. The molecule has 92 valence electrons. The molecule has 17 heavy (non-hydrogen) atoms. The molecule has 2 amide bonds. The molecule has 0 aliphatic heterocycles. The van der Waals surface area contributed by atoms with Crippen molar-refractivity contribution in [2.24, 2.45) is 5.73 Å². The van der Waals surface area contributed by atoms with E-state index in [0.717, 1.165) is 12.0 Å². The van der Waals surface area contributed by atoms with Gasteiger partial charge in [-0.1, -0.05) is 30.1 Å². The number of rotatable bonds is 2. The molecule has 0 aliphatic rings. The van der Waals surface area contributed by atoms with Crippen molar-refractivity contribution in [1.82, 2.24) is 5.32 Å². The number of nitrogens with one attached hydrogen (secondary N) is 3. The van der Waals surface area contributed by atoms with Crippen molar-refractivity contribution in [3.63, 3.8) is 0 Å². The van der Waals surface area contributed by atoms with Crippen LogP contribution in [0, 0.1) is 5.41 Å². The van der Waals surface area contributed by atoms with E-state index in [2.05, 4.69) is 10.6 Å². The zero-order valence-electron chi connectivity index (χ0n) is 9.10. The van der Waals surface area contributed by atoms with Crippen LogP contribution >= 0.6 is 23.2 Å². The number of guanidine groups is 1. The lowest BCUT2D eigenvalue weighted by atomic mass is 10.1. The summed E-state index contributed by atoms with van der Waals surface area (Å²) in [6.45, 7) is 1.97. The number of hydrogen-bond acceptors (Lipinski definition) is 2. The summed E-state index contributed by atoms with van der Waals surface area (Å²) in [6.07, 6.45) is 0.791. The average molecular weight is 275 g/mol. The molecule has 0 aromatic heterocycles. The minimum atomic E-state index is -0.662. The number of halogens is 2. The van der Waals surface area contributed by atoms with Gasteiger partial charge in [-0.15, -0.1) is 0 Å². The first-order chi connectivity index (χ1) is 7.93. The Hall–Kier alpha value is -1.46. The number of aryl methyl sites for hydroxylation is 1. The number of carbonyl (C=O) groups is 1. The van der Waals surface area contributed by atoms with Crippen LogP contribution in [0.2, 0.25) is 10.0 Å². The highest BCUT2D eigenvalue weighted by molar-refractivity contribution is 6.39. The van der Waals surface area contributed by atoms with E-state index in [4.69, 9.17) is 34.3 Å². The third-order valence-corrected chi connectivity index (χ3v) is 2.59. The lowest BCUT2D eigenvalue weighted by Crippen LogP contribution is -2.38. The molecule has 0 atom stereocenters. The largest absolute Gasteiger partial charge is 0.370 e. The second kappa shape index (κ2) is 5.75. The topological polar surface area (TPSA) is 91.0 Å². The average Bonchev–Trinajstić information content (AvgIpc) is 2.22. The van der Waals surface area contributed by atoms with Gasteiger partial charge in [0, 0.05) is 0 Å². The van der Waals surface area contributed by atoms with Crippen LogP contribution in [-0.2, 0) is 6.42 Å². The molecule has 0 spiro atoms. The third kappa shape index (κ3) is 3.80. The van der Waals surface area contributed by atoms with Crippen molar-refractivity contribution >= 4 is 40.9 Å². The van der Waals surface area contributed by atoms with Crippen LogP contribution in [0.3, 0.4) is 0 Å². The van der Waals surface area contributed by atoms with Crippen molar-refractivity contribution in [1.29, 1.82) is 5.41 Å². The molecular weight excluding hydrogens is 263 g/mol. The first kappa shape index (κ1) is 13.6. The van der Waals surface area contributed by atoms with E-state index >= 15 is 0 Å². The molecule has 1 aromatic rings. The quantitative estimate of drug-likeness (QED) is 0.493. The molecule has 0 radical (unpaired) electrons. The summed E-state index contributed by atoms with van der Waals surface area (Å²) in [5, 5.41) is 12.1. The lowest BCUT2D eigenvalue weighted by molar-refractivity contribution is 0.256. The van der Waals surface area contributed by atoms with Gasteiger partial charge in [0.1, 0.15) is 0 Å². The predicted octanol–water partition coefficient (Wildman–Crippen LogP) is 2.57. The van der Waals surface area contributed by atoms with E-state index < -0.39 is 12.0 Å². The van der Waals surface area contributed by atoms with Crippen LogP contribution in [0.4, 0.5) is 10.5 Å². The van der Waals surface area contributed by atoms with Gasteiger partial charge in [-0.3, -0.25) is 10.7 Å². The third-order valence-electron chi connectivity index (χ3n) is 2.00. The lowest BCUT2D eigenvalue weighted by Gasteiger charge is -2.11. The second-order valence-electron chi connectivity index (χ2n) is 3.28. The van der Waals surface area contributed by atoms with Gasteiger partial charge in [0.25, 0.3) is 0 Å². The molecule has 5 N–H and O–H groups in total. The first-order valence-electron chi connectivity index (χ1n) is 4.84. The van der Waals surface area contributed by atoms with Crippen molar-refractivity contribution in [2.75, 3.05) is 5.32 Å². The molecule has 7 heteroatoms. The molecule has 5 nitrogen and oxygen atoms in total. The number of benzene rings is 1. The summed E-state index contributed by atoms with van der Waals surface area (Å²) in [5.74, 6) is -0.458. The molecular formula is C10H12Cl2N4O. The maximum Gasteiger partial charge on any atom is 0.326 e. The Morgan fingerprint density at radius 2 is 1.94 bits per heavy atom. The molecule has 0 saturated heterocycles. The number of carbonyl (C=O) groups excluding carboxylic acids is 1. The fraction of sp³-hybridized carbons (Fsp3) is 0.200. The van der Waals surface area contributed by atoms with Gasteiger partial charge in [0.15, 0.2) is 5.96 Å². The highest BCUT2D eigenvalue weighted by Crippen LogP contribution is 2.31. The molecule has 0 saturated carbocycles. The van der Waals surface area contributed by atoms with Crippen molar-refractivity contribution in [2.45, 2.75) is 13.3 Å². The maximum absolute atomic E-state index is 11.3. The summed E-state index contributed by atoms with van der Waals surface area (Å²) in [7, 11) is 0. The Balaban J connectivity index is 2.91. The molecule has 0 fully saturated rings. The molecule has 0 aliphatic carbocycles. The van der Waals surface area contributed by atoms with Gasteiger partial charge in [-0.25, -0.2) is 4.79 Å². The summed E-state index contributed by atoms with van der Waals surface area (Å²) < 4.78 is 0. The molecule has 1 aromatic carbocycles. The van der Waals surface area contributed by atoms with Crippen LogP contribution in [0.25, 0.3) is 0 Å². The minimum absolute atomic E-state index is 0.296. The van der Waals surface area contributed by atoms with E-state index in [0.29, 0.717) is 15.7 Å². The van der Waals surface area contributed by atoms with E-state index in [1.165, 1.54) is 0 Å². The summed E-state index contributed by atoms with van der Waals surface area (Å²) in [6, 6.07) is 2.78. The highest BCUT2D eigenvalue weighted by atomic mass is 35.5. The van der Waals surface area contributed by atoms with Gasteiger partial charge < -0.3 is 11.1 Å². The summed E-state index contributed by atoms with van der Waals surface area (Å²) >= 11 is 12.0. The van der Waals surface area contributed by atoms with Gasteiger partial charge in [-0.05, 0) is 24.1 Å². The number of nitrogens with two attached hydrogens (primary N) is 1. The Kier molecular flexibility index (Phi) is 4.60. The maximum atomic E-state index is 11.3. The second-order valence-corrected chi connectivity index (χ2v) is 4.10. The van der Waals surface area contributed by atoms with Gasteiger partial charge in [0.2, 0.25) is 0 Å². The molecule has 0 unspecified atom stereocenters. The van der Waals surface area contributed by atoms with E-state index in [1.807, 2.05) is 6.92 Å². The zero-order chi connectivity index (χ0) is 13.0. The standard InChI is InChI=1S/C10H12Cl2N4O/c1-2-5-3-6(11)8(7(12)4-5)15-10(17)16-9(13)14/h3-4H,2H2,1H3,(H5,13,14,15,16,17). The normalized spacial score (nSPS) is 9.82. The van der Waals surface area contributed by atoms with E-state index in [1.54, 1.807) is 12.1 Å². The number of anilines is 1. The first-order valence-corrected chi connectivity index (χ1v) is 5.59. The zero-order valence-corrected chi connectivity index (χ0v) is 10.6. The minimum Gasteiger partial charge on any atom is -0.370 e. The van der Waals surface area contributed by atoms with Crippen molar-refractivity contribution < 1.29 is 4.79 Å². The van der Waals surface area contributed by atoms with Gasteiger partial charge >= 0.3 is 6.03 Å². The Morgan fingerprint density at radius 3 is 2.35 bits per heavy atom. The molecule has 0 bridgehead atoms. The van der Waals surface area contributed by atoms with Crippen molar-refractivity contribution in [3.05, 3.63) is 27.7 Å². The fourth-order valence-electron chi connectivity index (χ4n) is 1.22.